The smallest absolute Gasteiger partial charge is 0.160 e. The number of nitrogens with zero attached hydrogens (tertiary/aromatic N) is 3. The Morgan fingerprint density at radius 3 is 3.00 bits per heavy atom. The van der Waals surface area contributed by atoms with Crippen molar-refractivity contribution >= 4 is 34.1 Å². The van der Waals surface area contributed by atoms with Crippen LogP contribution in [0.2, 0.25) is 0 Å². The molecule has 3 aromatic rings. The van der Waals surface area contributed by atoms with Gasteiger partial charge in [-0.2, -0.15) is 0 Å². The van der Waals surface area contributed by atoms with E-state index in [2.05, 4.69) is 32.0 Å². The van der Waals surface area contributed by atoms with Gasteiger partial charge in [0.1, 0.15) is 11.3 Å². The number of imidazole rings is 1. The van der Waals surface area contributed by atoms with Crippen molar-refractivity contribution < 1.29 is 0 Å². The lowest BCUT2D eigenvalue weighted by molar-refractivity contribution is 0.687. The van der Waals surface area contributed by atoms with Crippen LogP contribution < -0.4 is 0 Å². The lowest BCUT2D eigenvalue weighted by Crippen LogP contribution is -2.05. The van der Waals surface area contributed by atoms with Gasteiger partial charge in [-0.3, -0.25) is 0 Å². The molecule has 0 aliphatic heterocycles. The number of halogens is 1. The average Bonchev–Trinajstić information content (AvgIpc) is 3.03. The second-order valence-electron chi connectivity index (χ2n) is 3.99. The van der Waals surface area contributed by atoms with Gasteiger partial charge in [-0.25, -0.2) is 9.97 Å². The second-order valence-corrected chi connectivity index (χ2v) is 5.29. The summed E-state index contributed by atoms with van der Waals surface area (Å²) in [6.45, 7) is 0.871. The molecule has 3 rings (SSSR count). The summed E-state index contributed by atoms with van der Waals surface area (Å²) in [6, 6.07) is 8.10. The molecule has 92 valence electrons. The first-order valence-electron chi connectivity index (χ1n) is 5.77. The molecule has 0 amide bonds. The van der Waals surface area contributed by atoms with Gasteiger partial charge in [0.25, 0.3) is 0 Å². The fourth-order valence-electron chi connectivity index (χ4n) is 2.02. The number of pyridine rings is 1. The quantitative estimate of drug-likeness (QED) is 0.684. The molecule has 0 saturated heterocycles. The van der Waals surface area contributed by atoms with Crippen LogP contribution in [0.25, 0.3) is 11.2 Å². The number of rotatable bonds is 4. The molecule has 3 aromatic heterocycles. The summed E-state index contributed by atoms with van der Waals surface area (Å²) in [6.07, 6.45) is 2.78. The maximum Gasteiger partial charge on any atom is 0.160 e. The van der Waals surface area contributed by atoms with Crippen molar-refractivity contribution in [3.8, 4) is 0 Å². The fraction of sp³-hybridized carbons (Fsp3) is 0.231. The standard InChI is InChI=1S/C13H12ClN3S/c14-9-12-16-11-4-1-6-15-13(11)17(12)7-5-10-3-2-8-18-10/h1-4,6,8H,5,7,9H2. The molecule has 0 spiro atoms. The number of alkyl halides is 1. The predicted octanol–water partition coefficient (Wildman–Crippen LogP) is 3.47. The molecule has 0 aromatic carbocycles. The number of aromatic nitrogens is 3. The molecule has 3 nitrogen and oxygen atoms in total. The Bertz CT molecular complexity index is 645. The van der Waals surface area contributed by atoms with Crippen molar-refractivity contribution in [2.24, 2.45) is 0 Å². The molecule has 0 saturated carbocycles. The molecule has 3 heterocycles. The molecule has 0 aliphatic carbocycles. The van der Waals surface area contributed by atoms with Crippen LogP contribution in [0.15, 0.2) is 35.8 Å². The predicted molar refractivity (Wildman–Crippen MR) is 75.1 cm³/mol. The van der Waals surface area contributed by atoms with Crippen molar-refractivity contribution in [1.82, 2.24) is 14.5 Å². The van der Waals surface area contributed by atoms with Gasteiger partial charge in [-0.1, -0.05) is 6.07 Å². The summed E-state index contributed by atoms with van der Waals surface area (Å²) >= 11 is 7.73. The second kappa shape index (κ2) is 5.08. The van der Waals surface area contributed by atoms with E-state index in [1.165, 1.54) is 4.88 Å². The normalized spacial score (nSPS) is 11.2. The van der Waals surface area contributed by atoms with Crippen molar-refractivity contribution in [3.63, 3.8) is 0 Å². The van der Waals surface area contributed by atoms with Gasteiger partial charge in [0.15, 0.2) is 5.65 Å². The van der Waals surface area contributed by atoms with Crippen LogP contribution in [0, 0.1) is 0 Å². The van der Waals surface area contributed by atoms with Gasteiger partial charge >= 0.3 is 0 Å². The Labute approximate surface area is 114 Å². The molecule has 5 heteroatoms. The summed E-state index contributed by atoms with van der Waals surface area (Å²) < 4.78 is 2.11. The van der Waals surface area contributed by atoms with E-state index < -0.39 is 0 Å². The molecule has 0 atom stereocenters. The van der Waals surface area contributed by atoms with E-state index in [0.29, 0.717) is 5.88 Å². The summed E-state index contributed by atoms with van der Waals surface area (Å²) in [5.74, 6) is 1.31. The summed E-state index contributed by atoms with van der Waals surface area (Å²) in [4.78, 5) is 10.3. The topological polar surface area (TPSA) is 30.7 Å². The van der Waals surface area contributed by atoms with E-state index in [9.17, 15) is 0 Å². The van der Waals surface area contributed by atoms with Crippen molar-refractivity contribution in [3.05, 3.63) is 46.5 Å². The van der Waals surface area contributed by atoms with Crippen LogP contribution in [0.3, 0.4) is 0 Å². The Kier molecular flexibility index (Phi) is 3.30. The van der Waals surface area contributed by atoms with Crippen LogP contribution in [-0.4, -0.2) is 14.5 Å². The van der Waals surface area contributed by atoms with Gasteiger partial charge in [0.2, 0.25) is 0 Å². The minimum absolute atomic E-state index is 0.417. The van der Waals surface area contributed by atoms with Gasteiger partial charge < -0.3 is 4.57 Å². The van der Waals surface area contributed by atoms with Crippen LogP contribution in [0.1, 0.15) is 10.7 Å². The van der Waals surface area contributed by atoms with Gasteiger partial charge in [-0.05, 0) is 30.0 Å². The zero-order chi connectivity index (χ0) is 12.4. The molecule has 0 unspecified atom stereocenters. The van der Waals surface area contributed by atoms with Crippen LogP contribution in [0.4, 0.5) is 0 Å². The maximum absolute atomic E-state index is 5.96. The molecule has 0 fully saturated rings. The zero-order valence-corrected chi connectivity index (χ0v) is 11.3. The Morgan fingerprint density at radius 2 is 2.22 bits per heavy atom. The molecule has 0 N–H and O–H groups in total. The molecule has 0 aliphatic rings. The first-order valence-corrected chi connectivity index (χ1v) is 7.18. The third-order valence-corrected chi connectivity index (χ3v) is 4.04. The Balaban J connectivity index is 1.94. The van der Waals surface area contributed by atoms with E-state index in [4.69, 9.17) is 11.6 Å². The highest BCUT2D eigenvalue weighted by Gasteiger charge is 2.10. The highest BCUT2D eigenvalue weighted by Crippen LogP contribution is 2.17. The number of thiophene rings is 1. The van der Waals surface area contributed by atoms with Crippen LogP contribution in [0.5, 0.6) is 0 Å². The average molecular weight is 278 g/mol. The summed E-state index contributed by atoms with van der Waals surface area (Å²) in [5, 5.41) is 2.10. The minimum Gasteiger partial charge on any atom is -0.311 e. The monoisotopic (exact) mass is 277 g/mol. The number of aryl methyl sites for hydroxylation is 2. The highest BCUT2D eigenvalue weighted by atomic mass is 35.5. The molecule has 0 radical (unpaired) electrons. The third kappa shape index (κ3) is 2.13. The van der Waals surface area contributed by atoms with E-state index in [1.807, 2.05) is 12.1 Å². The van der Waals surface area contributed by atoms with Crippen LogP contribution >= 0.6 is 22.9 Å². The lowest BCUT2D eigenvalue weighted by Gasteiger charge is -2.05. The minimum atomic E-state index is 0.417. The van der Waals surface area contributed by atoms with E-state index >= 15 is 0 Å². The van der Waals surface area contributed by atoms with E-state index in [1.54, 1.807) is 17.5 Å². The number of hydrogen-bond acceptors (Lipinski definition) is 3. The Morgan fingerprint density at radius 1 is 1.28 bits per heavy atom. The number of fused-ring (bicyclic) bond motifs is 1. The first-order chi connectivity index (χ1) is 8.88. The highest BCUT2D eigenvalue weighted by molar-refractivity contribution is 7.09. The molecule has 18 heavy (non-hydrogen) atoms. The van der Waals surface area contributed by atoms with Crippen molar-refractivity contribution in [2.45, 2.75) is 18.8 Å². The molecular weight excluding hydrogens is 266 g/mol. The molecule has 0 bridgehead atoms. The lowest BCUT2D eigenvalue weighted by atomic mass is 10.3. The zero-order valence-electron chi connectivity index (χ0n) is 9.71. The first kappa shape index (κ1) is 11.7. The molecular formula is C13H12ClN3S. The summed E-state index contributed by atoms with van der Waals surface area (Å²) in [7, 11) is 0. The number of hydrogen-bond donors (Lipinski definition) is 0. The van der Waals surface area contributed by atoms with Gasteiger partial charge in [-0.15, -0.1) is 22.9 Å². The van der Waals surface area contributed by atoms with E-state index in [-0.39, 0.29) is 0 Å². The Hall–Kier alpha value is -1.39. The fourth-order valence-corrected chi connectivity index (χ4v) is 2.92. The SMILES string of the molecule is ClCc1nc2cccnc2n1CCc1cccs1. The van der Waals surface area contributed by atoms with Gasteiger partial charge in [0.05, 0.1) is 5.88 Å². The van der Waals surface area contributed by atoms with Crippen molar-refractivity contribution in [2.75, 3.05) is 0 Å². The van der Waals surface area contributed by atoms with E-state index in [0.717, 1.165) is 30.0 Å². The van der Waals surface area contributed by atoms with Crippen LogP contribution in [-0.2, 0) is 18.8 Å². The van der Waals surface area contributed by atoms with Gasteiger partial charge in [0, 0.05) is 17.6 Å². The third-order valence-electron chi connectivity index (χ3n) is 2.86. The summed E-state index contributed by atoms with van der Waals surface area (Å²) in [5.41, 5.74) is 1.84. The van der Waals surface area contributed by atoms with Crippen molar-refractivity contribution in [1.29, 1.82) is 0 Å². The largest absolute Gasteiger partial charge is 0.311 e. The maximum atomic E-state index is 5.96.